The maximum absolute atomic E-state index is 5.94. The quantitative estimate of drug-likeness (QED) is 0.581. The van der Waals surface area contributed by atoms with Gasteiger partial charge in [0.1, 0.15) is 0 Å². The van der Waals surface area contributed by atoms with Crippen molar-refractivity contribution in [1.82, 2.24) is 0 Å². The van der Waals surface area contributed by atoms with Gasteiger partial charge in [-0.1, -0.05) is 82.8 Å². The van der Waals surface area contributed by atoms with Gasteiger partial charge in [0.05, 0.1) is 0 Å². The number of halogens is 4. The lowest BCUT2D eigenvalue weighted by molar-refractivity contribution is 1.24. The molecule has 4 heteroatoms. The van der Waals surface area contributed by atoms with Gasteiger partial charge in [-0.05, 0) is 23.3 Å². The Labute approximate surface area is 120 Å². The van der Waals surface area contributed by atoms with Crippen molar-refractivity contribution in [3.05, 3.63) is 59.1 Å². The van der Waals surface area contributed by atoms with E-state index in [4.69, 9.17) is 46.4 Å². The van der Waals surface area contributed by atoms with E-state index in [1.165, 1.54) is 0 Å². The Kier molecular flexibility index (Phi) is 3.89. The van der Waals surface area contributed by atoms with Gasteiger partial charge < -0.3 is 0 Å². The lowest BCUT2D eigenvalue weighted by Crippen LogP contribution is -1.98. The lowest BCUT2D eigenvalue weighted by Gasteiger charge is -2.11. The number of hydrogen-bond donors (Lipinski definition) is 0. The minimum atomic E-state index is -1.38. The molecule has 2 aromatic rings. The summed E-state index contributed by atoms with van der Waals surface area (Å²) in [5, 5.41) is 0.702. The average Bonchev–Trinajstić information content (AvgIpc) is 2.28. The van der Waals surface area contributed by atoms with Gasteiger partial charge in [0.15, 0.2) is 0 Å². The largest absolute Gasteiger partial charge is 0.216 e. The van der Waals surface area contributed by atoms with Crippen LogP contribution < -0.4 is 0 Å². The molecule has 2 aromatic carbocycles. The summed E-state index contributed by atoms with van der Waals surface area (Å²) < 4.78 is -1.38. The molecule has 0 unspecified atom stereocenters. The second kappa shape index (κ2) is 5.07. The van der Waals surface area contributed by atoms with Crippen molar-refractivity contribution in [2.45, 2.75) is 3.79 Å². The Hall–Kier alpha value is -0.400. The molecule has 0 saturated heterocycles. The highest BCUT2D eigenvalue weighted by atomic mass is 35.6. The van der Waals surface area contributed by atoms with E-state index in [1.54, 1.807) is 12.1 Å². The van der Waals surface area contributed by atoms with E-state index in [-0.39, 0.29) is 0 Å². The van der Waals surface area contributed by atoms with E-state index in [0.717, 1.165) is 11.1 Å². The van der Waals surface area contributed by atoms with Crippen LogP contribution in [0.25, 0.3) is 11.1 Å². The maximum atomic E-state index is 5.94. The van der Waals surface area contributed by atoms with Crippen LogP contribution in [0.15, 0.2) is 48.5 Å². The third-order valence-electron chi connectivity index (χ3n) is 2.37. The summed E-state index contributed by atoms with van der Waals surface area (Å²) >= 11 is 23.3. The summed E-state index contributed by atoms with van der Waals surface area (Å²) in [5.41, 5.74) is 2.71. The highest BCUT2D eigenvalue weighted by Crippen LogP contribution is 2.38. The Bertz CT molecular complexity index is 512. The highest BCUT2D eigenvalue weighted by Gasteiger charge is 2.22. The topological polar surface area (TPSA) is 0 Å². The molecule has 0 saturated carbocycles. The first-order valence-electron chi connectivity index (χ1n) is 4.90. The van der Waals surface area contributed by atoms with Crippen LogP contribution in [0.1, 0.15) is 5.56 Å². The van der Waals surface area contributed by atoms with Crippen LogP contribution in [-0.2, 0) is 3.79 Å². The zero-order valence-electron chi connectivity index (χ0n) is 8.63. The minimum absolute atomic E-state index is 0.647. The van der Waals surface area contributed by atoms with E-state index in [1.807, 2.05) is 36.4 Å². The van der Waals surface area contributed by atoms with Crippen molar-refractivity contribution in [3.8, 4) is 11.1 Å². The molecule has 0 amide bonds. The van der Waals surface area contributed by atoms with Crippen molar-refractivity contribution in [3.63, 3.8) is 0 Å². The maximum Gasteiger partial charge on any atom is 0.216 e. The molecule has 0 N–H and O–H groups in total. The zero-order chi connectivity index (χ0) is 12.5. The molecule has 0 heterocycles. The summed E-state index contributed by atoms with van der Waals surface area (Å²) in [6.45, 7) is 0. The van der Waals surface area contributed by atoms with Gasteiger partial charge in [-0.2, -0.15) is 0 Å². The molecule has 0 bridgehead atoms. The van der Waals surface area contributed by atoms with Crippen LogP contribution >= 0.6 is 46.4 Å². The molecule has 88 valence electrons. The van der Waals surface area contributed by atoms with Crippen molar-refractivity contribution < 1.29 is 0 Å². The summed E-state index contributed by atoms with van der Waals surface area (Å²) in [5.74, 6) is 0. The molecule has 2 rings (SSSR count). The Morgan fingerprint density at radius 3 is 1.94 bits per heavy atom. The molecule has 0 nitrogen and oxygen atoms in total. The van der Waals surface area contributed by atoms with Gasteiger partial charge in [0.2, 0.25) is 3.79 Å². The van der Waals surface area contributed by atoms with E-state index in [0.29, 0.717) is 10.6 Å². The molecule has 0 spiro atoms. The van der Waals surface area contributed by atoms with Gasteiger partial charge in [0.25, 0.3) is 0 Å². The molecule has 0 aliphatic carbocycles. The van der Waals surface area contributed by atoms with Gasteiger partial charge >= 0.3 is 0 Å². The fourth-order valence-electron chi connectivity index (χ4n) is 1.52. The van der Waals surface area contributed by atoms with Crippen LogP contribution in [0, 0.1) is 0 Å². The minimum Gasteiger partial charge on any atom is -0.0843 e. The molecule has 17 heavy (non-hydrogen) atoms. The number of hydrogen-bond acceptors (Lipinski definition) is 0. The molecule has 0 aliphatic rings. The van der Waals surface area contributed by atoms with E-state index in [9.17, 15) is 0 Å². The van der Waals surface area contributed by atoms with Gasteiger partial charge in [0, 0.05) is 10.6 Å². The average molecular weight is 306 g/mol. The standard InChI is InChI=1S/C13H8Cl4/c14-12-3-1-2-10(8-12)9-4-6-11(7-5-9)13(15,16)17/h1-8H. The van der Waals surface area contributed by atoms with E-state index >= 15 is 0 Å². The Balaban J connectivity index is 2.36. The predicted octanol–water partition coefficient (Wildman–Crippen LogP) is 5.83. The van der Waals surface area contributed by atoms with Crippen LogP contribution in [0.5, 0.6) is 0 Å². The van der Waals surface area contributed by atoms with Crippen LogP contribution in [0.4, 0.5) is 0 Å². The fraction of sp³-hybridized carbons (Fsp3) is 0.0769. The summed E-state index contributed by atoms with van der Waals surface area (Å²) in [7, 11) is 0. The van der Waals surface area contributed by atoms with E-state index in [2.05, 4.69) is 0 Å². The number of alkyl halides is 3. The predicted molar refractivity (Wildman–Crippen MR) is 76.1 cm³/mol. The number of rotatable bonds is 1. The lowest BCUT2D eigenvalue weighted by atomic mass is 10.0. The molecular formula is C13H8Cl4. The molecule has 0 radical (unpaired) electrons. The normalized spacial score (nSPS) is 11.5. The molecule has 0 aliphatic heterocycles. The smallest absolute Gasteiger partial charge is 0.0843 e. The molecule has 0 aromatic heterocycles. The van der Waals surface area contributed by atoms with E-state index < -0.39 is 3.79 Å². The zero-order valence-corrected chi connectivity index (χ0v) is 11.7. The van der Waals surface area contributed by atoms with Crippen molar-refractivity contribution in [2.24, 2.45) is 0 Å². The second-order valence-electron chi connectivity index (χ2n) is 3.59. The number of benzene rings is 2. The van der Waals surface area contributed by atoms with Gasteiger partial charge in [-0.25, -0.2) is 0 Å². The summed E-state index contributed by atoms with van der Waals surface area (Å²) in [6, 6.07) is 15.0. The molecule has 0 fully saturated rings. The monoisotopic (exact) mass is 304 g/mol. The molecule has 0 atom stereocenters. The van der Waals surface area contributed by atoms with Crippen LogP contribution in [-0.4, -0.2) is 0 Å². The highest BCUT2D eigenvalue weighted by molar-refractivity contribution is 6.66. The first kappa shape index (κ1) is 13.0. The van der Waals surface area contributed by atoms with Crippen LogP contribution in [0.2, 0.25) is 5.02 Å². The van der Waals surface area contributed by atoms with Crippen molar-refractivity contribution >= 4 is 46.4 Å². The van der Waals surface area contributed by atoms with Crippen molar-refractivity contribution in [1.29, 1.82) is 0 Å². The first-order valence-corrected chi connectivity index (χ1v) is 6.41. The summed E-state index contributed by atoms with van der Waals surface area (Å²) in [4.78, 5) is 0. The molecular weight excluding hydrogens is 298 g/mol. The Morgan fingerprint density at radius 1 is 0.765 bits per heavy atom. The second-order valence-corrected chi connectivity index (χ2v) is 6.30. The first-order chi connectivity index (χ1) is 7.97. The van der Waals surface area contributed by atoms with Gasteiger partial charge in [-0.3, -0.25) is 0 Å². The Morgan fingerprint density at radius 2 is 1.41 bits per heavy atom. The van der Waals surface area contributed by atoms with Crippen molar-refractivity contribution in [2.75, 3.05) is 0 Å². The van der Waals surface area contributed by atoms with Gasteiger partial charge in [-0.15, -0.1) is 0 Å². The third kappa shape index (κ3) is 3.29. The summed E-state index contributed by atoms with van der Waals surface area (Å²) in [6.07, 6.45) is 0. The third-order valence-corrected chi connectivity index (χ3v) is 3.26. The fourth-order valence-corrected chi connectivity index (χ4v) is 2.09. The SMILES string of the molecule is Clc1cccc(-c2ccc(C(Cl)(Cl)Cl)cc2)c1. The van der Waals surface area contributed by atoms with Crippen LogP contribution in [0.3, 0.4) is 0 Å².